The smallest absolute Gasteiger partial charge is 0.0443 e. The first kappa shape index (κ1) is 11.3. The van der Waals surface area contributed by atoms with Crippen molar-refractivity contribution in [2.75, 3.05) is 11.4 Å². The van der Waals surface area contributed by atoms with E-state index in [-0.39, 0.29) is 0 Å². The topological polar surface area (TPSA) is 3.24 Å². The standard InChI is InChI=1S/C17H19N/c1-3-18-16-7-5-4-6-14(16)9-10-15-12-13(2)8-11-17(15)18/h4-8,11-12H,3,9-10H2,1-2H3. The molecule has 0 atom stereocenters. The van der Waals surface area contributed by atoms with Gasteiger partial charge >= 0.3 is 0 Å². The summed E-state index contributed by atoms with van der Waals surface area (Å²) in [5.74, 6) is 0. The number of aryl methyl sites for hydroxylation is 3. The highest BCUT2D eigenvalue weighted by molar-refractivity contribution is 5.71. The van der Waals surface area contributed by atoms with Gasteiger partial charge in [-0.05, 0) is 49.9 Å². The van der Waals surface area contributed by atoms with Gasteiger partial charge in [0.05, 0.1) is 0 Å². The zero-order chi connectivity index (χ0) is 12.5. The average Bonchev–Trinajstić information content (AvgIpc) is 2.55. The van der Waals surface area contributed by atoms with Crippen LogP contribution in [0.5, 0.6) is 0 Å². The second-order valence-corrected chi connectivity index (χ2v) is 5.01. The van der Waals surface area contributed by atoms with Gasteiger partial charge in [-0.25, -0.2) is 0 Å². The van der Waals surface area contributed by atoms with Gasteiger partial charge in [0.15, 0.2) is 0 Å². The summed E-state index contributed by atoms with van der Waals surface area (Å²) in [6.07, 6.45) is 2.29. The summed E-state index contributed by atoms with van der Waals surface area (Å²) in [5, 5.41) is 0. The van der Waals surface area contributed by atoms with Crippen LogP contribution in [0.2, 0.25) is 0 Å². The van der Waals surface area contributed by atoms with E-state index in [9.17, 15) is 0 Å². The lowest BCUT2D eigenvalue weighted by Crippen LogP contribution is -2.17. The van der Waals surface area contributed by atoms with Crippen LogP contribution in [0.25, 0.3) is 0 Å². The molecule has 0 radical (unpaired) electrons. The van der Waals surface area contributed by atoms with Crippen molar-refractivity contribution in [2.45, 2.75) is 26.7 Å². The van der Waals surface area contributed by atoms with E-state index in [0.717, 1.165) is 19.4 Å². The highest BCUT2D eigenvalue weighted by Gasteiger charge is 2.18. The van der Waals surface area contributed by atoms with Gasteiger partial charge in [-0.3, -0.25) is 0 Å². The number of anilines is 2. The summed E-state index contributed by atoms with van der Waals surface area (Å²) < 4.78 is 0. The fourth-order valence-electron chi connectivity index (χ4n) is 2.90. The Kier molecular flexibility index (Phi) is 2.83. The Morgan fingerprint density at radius 3 is 2.50 bits per heavy atom. The fourth-order valence-corrected chi connectivity index (χ4v) is 2.90. The molecule has 0 unspecified atom stereocenters. The van der Waals surface area contributed by atoms with Gasteiger partial charge < -0.3 is 4.90 Å². The molecular weight excluding hydrogens is 218 g/mol. The number of nitrogens with zero attached hydrogens (tertiary/aromatic N) is 1. The van der Waals surface area contributed by atoms with Gasteiger partial charge in [-0.1, -0.05) is 35.9 Å². The van der Waals surface area contributed by atoms with Gasteiger partial charge in [0.25, 0.3) is 0 Å². The molecule has 0 aromatic heterocycles. The maximum absolute atomic E-state index is 2.44. The molecule has 2 aromatic rings. The van der Waals surface area contributed by atoms with Crippen LogP contribution in [0, 0.1) is 6.92 Å². The molecule has 1 heterocycles. The van der Waals surface area contributed by atoms with Gasteiger partial charge in [0.1, 0.15) is 0 Å². The molecule has 0 aliphatic carbocycles. The molecule has 0 saturated heterocycles. The van der Waals surface area contributed by atoms with E-state index in [1.54, 1.807) is 0 Å². The van der Waals surface area contributed by atoms with Crippen molar-refractivity contribution >= 4 is 11.4 Å². The van der Waals surface area contributed by atoms with Crippen molar-refractivity contribution in [3.05, 3.63) is 59.2 Å². The summed E-state index contributed by atoms with van der Waals surface area (Å²) in [7, 11) is 0. The van der Waals surface area contributed by atoms with Crippen molar-refractivity contribution in [3.63, 3.8) is 0 Å². The van der Waals surface area contributed by atoms with E-state index in [0.29, 0.717) is 0 Å². The van der Waals surface area contributed by atoms with Crippen LogP contribution < -0.4 is 4.90 Å². The number of rotatable bonds is 1. The van der Waals surface area contributed by atoms with E-state index in [1.165, 1.54) is 28.1 Å². The quantitative estimate of drug-likeness (QED) is 0.716. The van der Waals surface area contributed by atoms with Crippen molar-refractivity contribution < 1.29 is 0 Å². The number of benzene rings is 2. The molecule has 0 saturated carbocycles. The molecule has 1 aliphatic heterocycles. The SMILES string of the molecule is CCN1c2ccccc2CCc2cc(C)ccc21. The highest BCUT2D eigenvalue weighted by Crippen LogP contribution is 2.35. The first-order valence-electron chi connectivity index (χ1n) is 6.74. The Hall–Kier alpha value is -1.76. The zero-order valence-electron chi connectivity index (χ0n) is 11.1. The number of hydrogen-bond acceptors (Lipinski definition) is 1. The molecule has 0 bridgehead atoms. The fraction of sp³-hybridized carbons (Fsp3) is 0.294. The minimum atomic E-state index is 1.02. The lowest BCUT2D eigenvalue weighted by Gasteiger charge is -2.25. The molecule has 92 valence electrons. The summed E-state index contributed by atoms with van der Waals surface area (Å²) >= 11 is 0. The van der Waals surface area contributed by atoms with Crippen molar-refractivity contribution in [3.8, 4) is 0 Å². The van der Waals surface area contributed by atoms with Crippen molar-refractivity contribution in [1.29, 1.82) is 0 Å². The van der Waals surface area contributed by atoms with Crippen LogP contribution in [0.3, 0.4) is 0 Å². The summed E-state index contributed by atoms with van der Waals surface area (Å²) in [6.45, 7) is 5.42. The normalized spacial score (nSPS) is 13.8. The lowest BCUT2D eigenvalue weighted by molar-refractivity contribution is 0.975. The second kappa shape index (κ2) is 4.49. The van der Waals surface area contributed by atoms with Gasteiger partial charge in [0, 0.05) is 17.9 Å². The molecule has 3 rings (SSSR count). The summed E-state index contributed by atoms with van der Waals surface area (Å²) in [6, 6.07) is 15.6. The predicted molar refractivity (Wildman–Crippen MR) is 77.7 cm³/mol. The molecule has 2 aromatic carbocycles. The number of para-hydroxylation sites is 1. The van der Waals surface area contributed by atoms with Crippen LogP contribution in [0.4, 0.5) is 11.4 Å². The van der Waals surface area contributed by atoms with Gasteiger partial charge in [-0.2, -0.15) is 0 Å². The van der Waals surface area contributed by atoms with E-state index in [1.807, 2.05) is 0 Å². The first-order chi connectivity index (χ1) is 8.79. The Morgan fingerprint density at radius 1 is 0.944 bits per heavy atom. The molecule has 0 fully saturated rings. The Bertz CT molecular complexity index is 572. The zero-order valence-corrected chi connectivity index (χ0v) is 11.1. The monoisotopic (exact) mass is 237 g/mol. The van der Waals surface area contributed by atoms with Crippen LogP contribution in [0.15, 0.2) is 42.5 Å². The third-order valence-electron chi connectivity index (χ3n) is 3.79. The molecule has 1 heteroatoms. The molecule has 18 heavy (non-hydrogen) atoms. The maximum atomic E-state index is 2.44. The van der Waals surface area contributed by atoms with Crippen LogP contribution in [-0.2, 0) is 12.8 Å². The first-order valence-corrected chi connectivity index (χ1v) is 6.74. The molecule has 0 spiro atoms. The second-order valence-electron chi connectivity index (χ2n) is 5.01. The van der Waals surface area contributed by atoms with E-state index >= 15 is 0 Å². The lowest BCUT2D eigenvalue weighted by atomic mass is 10.0. The third kappa shape index (κ3) is 1.80. The third-order valence-corrected chi connectivity index (χ3v) is 3.79. The average molecular weight is 237 g/mol. The number of fused-ring (bicyclic) bond motifs is 2. The van der Waals surface area contributed by atoms with Gasteiger partial charge in [-0.15, -0.1) is 0 Å². The van der Waals surface area contributed by atoms with E-state index < -0.39 is 0 Å². The minimum absolute atomic E-state index is 1.02. The van der Waals surface area contributed by atoms with Crippen molar-refractivity contribution in [2.24, 2.45) is 0 Å². The molecule has 1 nitrogen and oxygen atoms in total. The molecule has 0 amide bonds. The Balaban J connectivity index is 2.18. The largest absolute Gasteiger partial charge is 0.341 e. The predicted octanol–water partition coefficient (Wildman–Crippen LogP) is 4.25. The van der Waals surface area contributed by atoms with E-state index in [2.05, 4.69) is 61.2 Å². The molecular formula is C17H19N. The van der Waals surface area contributed by atoms with Crippen molar-refractivity contribution in [1.82, 2.24) is 0 Å². The Morgan fingerprint density at radius 2 is 1.67 bits per heavy atom. The maximum Gasteiger partial charge on any atom is 0.0443 e. The molecule has 0 N–H and O–H groups in total. The Labute approximate surface area is 109 Å². The minimum Gasteiger partial charge on any atom is -0.341 e. The highest BCUT2D eigenvalue weighted by atomic mass is 15.1. The van der Waals surface area contributed by atoms with E-state index in [4.69, 9.17) is 0 Å². The van der Waals surface area contributed by atoms with Gasteiger partial charge in [0.2, 0.25) is 0 Å². The molecule has 1 aliphatic rings. The number of hydrogen-bond donors (Lipinski definition) is 0. The summed E-state index contributed by atoms with van der Waals surface area (Å²) in [5.41, 5.74) is 7.06. The summed E-state index contributed by atoms with van der Waals surface area (Å²) in [4.78, 5) is 2.44. The van der Waals surface area contributed by atoms with Crippen LogP contribution in [-0.4, -0.2) is 6.54 Å². The van der Waals surface area contributed by atoms with Crippen LogP contribution in [0.1, 0.15) is 23.6 Å². The van der Waals surface area contributed by atoms with Crippen LogP contribution >= 0.6 is 0 Å².